The molecule has 1 aliphatic heterocycles. The van der Waals surface area contributed by atoms with Gasteiger partial charge in [0.25, 0.3) is 0 Å². The van der Waals surface area contributed by atoms with Crippen LogP contribution in [0.1, 0.15) is 40.4 Å². The monoisotopic (exact) mass is 729 g/mol. The van der Waals surface area contributed by atoms with Crippen LogP contribution in [-0.2, 0) is 25.9 Å². The van der Waals surface area contributed by atoms with Gasteiger partial charge in [-0.1, -0.05) is 29.3 Å². The van der Waals surface area contributed by atoms with Crippen molar-refractivity contribution in [2.24, 2.45) is 5.92 Å². The third-order valence-corrected chi connectivity index (χ3v) is 9.75. The average molecular weight is 731 g/mol. The zero-order chi connectivity index (χ0) is 34.4. The Bertz CT molecular complexity index is 1690. The molecule has 2 heterocycles. The third kappa shape index (κ3) is 9.59. The van der Waals surface area contributed by atoms with Gasteiger partial charge in [-0.15, -0.1) is 0 Å². The number of esters is 1. The molecular weight excluding hydrogens is 695 g/mol. The van der Waals surface area contributed by atoms with Crippen molar-refractivity contribution in [2.45, 2.75) is 32.0 Å². The zero-order valence-corrected chi connectivity index (χ0v) is 28.3. The Morgan fingerprint density at radius 1 is 1.10 bits per heavy atom. The molecule has 16 heteroatoms. The van der Waals surface area contributed by atoms with Gasteiger partial charge in [-0.05, 0) is 60.2 Å². The van der Waals surface area contributed by atoms with Crippen LogP contribution in [0.5, 0.6) is 17.2 Å². The molecule has 11 nitrogen and oxygen atoms in total. The molecule has 2 aliphatic rings. The van der Waals surface area contributed by atoms with Crippen molar-refractivity contribution in [3.63, 3.8) is 0 Å². The van der Waals surface area contributed by atoms with Gasteiger partial charge in [-0.2, -0.15) is 8.78 Å². The second kappa shape index (κ2) is 15.9. The molecule has 48 heavy (non-hydrogen) atoms. The van der Waals surface area contributed by atoms with E-state index in [9.17, 15) is 27.1 Å². The number of nitrogens with zero attached hydrogens (tertiary/aromatic N) is 3. The van der Waals surface area contributed by atoms with Gasteiger partial charge in [-0.25, -0.2) is 13.2 Å². The van der Waals surface area contributed by atoms with Crippen LogP contribution in [0, 0.1) is 5.92 Å². The molecule has 2 fully saturated rings. The van der Waals surface area contributed by atoms with Crippen LogP contribution in [-0.4, -0.2) is 88.2 Å². The number of halogens is 4. The van der Waals surface area contributed by atoms with E-state index in [4.69, 9.17) is 37.4 Å². The summed E-state index contributed by atoms with van der Waals surface area (Å²) in [5, 5.41) is 11.1. The molecule has 3 aromatic rings. The standard InChI is InChI=1S/C32H35Cl2F2N3O8S/c1-48(42,43)39(9-8-38-10-12-44-13-11-38)26-14-22(4-6-27(26)40)31(41)46-29(16-23-24(33)17-37-18-25(23)34)21-5-7-28(47-32(35)36)30(15-21)45-19-20-2-3-20/h4-7,14-15,17-18,20,29,32,40H,2-3,8-13,16,19H2,1H3. The average Bonchev–Trinajstić information content (AvgIpc) is 3.87. The van der Waals surface area contributed by atoms with Gasteiger partial charge in [0.1, 0.15) is 11.9 Å². The first-order chi connectivity index (χ1) is 22.9. The first-order valence-electron chi connectivity index (χ1n) is 15.2. The molecule has 5 rings (SSSR count). The number of phenols is 1. The highest BCUT2D eigenvalue weighted by molar-refractivity contribution is 7.92. The van der Waals surface area contributed by atoms with Crippen LogP contribution in [0.25, 0.3) is 0 Å². The van der Waals surface area contributed by atoms with E-state index in [-0.39, 0.29) is 51.5 Å². The maximum atomic E-state index is 13.7. The fraction of sp³-hybridized carbons (Fsp3) is 0.438. The normalized spacial score (nSPS) is 16.0. The van der Waals surface area contributed by atoms with Crippen molar-refractivity contribution < 1.29 is 46.0 Å². The van der Waals surface area contributed by atoms with Crippen LogP contribution in [0.3, 0.4) is 0 Å². The minimum absolute atomic E-state index is 0.0171. The van der Waals surface area contributed by atoms with E-state index in [1.54, 1.807) is 0 Å². The van der Waals surface area contributed by atoms with E-state index in [2.05, 4.69) is 9.72 Å². The SMILES string of the molecule is CS(=O)(=O)N(CCN1CCOCC1)c1cc(C(=O)OC(Cc2c(Cl)cncc2Cl)c2ccc(OC(F)F)c(OCC3CC3)c2)ccc1O. The Balaban J connectivity index is 1.45. The Morgan fingerprint density at radius 2 is 1.81 bits per heavy atom. The summed E-state index contributed by atoms with van der Waals surface area (Å²) in [6.45, 7) is -0.0894. The van der Waals surface area contributed by atoms with Crippen molar-refractivity contribution >= 4 is 44.9 Å². The van der Waals surface area contributed by atoms with E-state index >= 15 is 0 Å². The lowest BCUT2D eigenvalue weighted by Gasteiger charge is -2.30. The van der Waals surface area contributed by atoms with Crippen molar-refractivity contribution in [2.75, 3.05) is 56.6 Å². The number of hydrogen-bond acceptors (Lipinski definition) is 10. The number of pyridine rings is 1. The number of aromatic nitrogens is 1. The smallest absolute Gasteiger partial charge is 0.387 e. The molecular formula is C32H35Cl2F2N3O8S. The van der Waals surface area contributed by atoms with E-state index in [0.29, 0.717) is 56.5 Å². The van der Waals surface area contributed by atoms with Gasteiger partial charge >= 0.3 is 12.6 Å². The van der Waals surface area contributed by atoms with Crippen LogP contribution in [0.15, 0.2) is 48.8 Å². The quantitative estimate of drug-likeness (QED) is 0.194. The number of sulfonamides is 1. The summed E-state index contributed by atoms with van der Waals surface area (Å²) < 4.78 is 75.0. The van der Waals surface area contributed by atoms with Crippen LogP contribution in [0.2, 0.25) is 10.0 Å². The fourth-order valence-corrected chi connectivity index (χ4v) is 6.57. The molecule has 2 aromatic carbocycles. The molecule has 0 amide bonds. The Morgan fingerprint density at radius 3 is 2.46 bits per heavy atom. The molecule has 0 bridgehead atoms. The van der Waals surface area contributed by atoms with Gasteiger partial charge in [0, 0.05) is 45.0 Å². The third-order valence-electron chi connectivity index (χ3n) is 7.92. The molecule has 1 N–H and O–H groups in total. The highest BCUT2D eigenvalue weighted by atomic mass is 35.5. The van der Waals surface area contributed by atoms with Crippen molar-refractivity contribution in [3.05, 3.63) is 75.5 Å². The van der Waals surface area contributed by atoms with Crippen LogP contribution < -0.4 is 13.8 Å². The summed E-state index contributed by atoms with van der Waals surface area (Å²) in [7, 11) is -3.88. The Labute approximate surface area is 287 Å². The summed E-state index contributed by atoms with van der Waals surface area (Å²) >= 11 is 12.8. The van der Waals surface area contributed by atoms with E-state index < -0.39 is 28.7 Å². The second-order valence-electron chi connectivity index (χ2n) is 11.5. The number of aromatic hydroxyl groups is 1. The van der Waals surface area contributed by atoms with Crippen molar-refractivity contribution in [1.29, 1.82) is 0 Å². The first kappa shape index (κ1) is 35.9. The molecule has 1 atom stereocenters. The van der Waals surface area contributed by atoms with Gasteiger partial charge in [0.15, 0.2) is 11.5 Å². The summed E-state index contributed by atoms with van der Waals surface area (Å²) in [5.74, 6) is -1.04. The van der Waals surface area contributed by atoms with Crippen LogP contribution >= 0.6 is 23.2 Å². The number of carbonyl (C=O) groups excluding carboxylic acids is 1. The fourth-order valence-electron chi connectivity index (χ4n) is 5.14. The molecule has 1 saturated carbocycles. The Kier molecular flexibility index (Phi) is 11.8. The number of carbonyl (C=O) groups is 1. The second-order valence-corrected chi connectivity index (χ2v) is 14.2. The topological polar surface area (TPSA) is 128 Å². The summed E-state index contributed by atoms with van der Waals surface area (Å²) in [4.78, 5) is 19.7. The van der Waals surface area contributed by atoms with Gasteiger partial charge < -0.3 is 24.1 Å². The van der Waals surface area contributed by atoms with Crippen molar-refractivity contribution in [1.82, 2.24) is 9.88 Å². The number of hydrogen-bond donors (Lipinski definition) is 1. The van der Waals surface area contributed by atoms with Gasteiger partial charge in [0.2, 0.25) is 10.0 Å². The number of benzene rings is 2. The number of ether oxygens (including phenoxy) is 4. The highest BCUT2D eigenvalue weighted by Gasteiger charge is 2.28. The number of anilines is 1. The minimum atomic E-state index is -3.88. The lowest BCUT2D eigenvalue weighted by molar-refractivity contribution is -0.0515. The van der Waals surface area contributed by atoms with E-state index in [1.807, 2.05) is 4.90 Å². The Hall–Kier alpha value is -3.43. The predicted octanol–water partition coefficient (Wildman–Crippen LogP) is 5.72. The maximum Gasteiger partial charge on any atom is 0.387 e. The summed E-state index contributed by atoms with van der Waals surface area (Å²) in [5.41, 5.74) is 0.628. The zero-order valence-electron chi connectivity index (χ0n) is 26.0. The van der Waals surface area contributed by atoms with E-state index in [1.165, 1.54) is 48.8 Å². The largest absolute Gasteiger partial charge is 0.506 e. The molecule has 260 valence electrons. The highest BCUT2D eigenvalue weighted by Crippen LogP contribution is 2.38. The summed E-state index contributed by atoms with van der Waals surface area (Å²) in [6, 6.07) is 7.98. The lowest BCUT2D eigenvalue weighted by atomic mass is 10.0. The number of rotatable bonds is 15. The lowest BCUT2D eigenvalue weighted by Crippen LogP contribution is -2.43. The maximum absolute atomic E-state index is 13.7. The summed E-state index contributed by atoms with van der Waals surface area (Å²) in [6.07, 6.45) is 4.58. The molecule has 1 unspecified atom stereocenters. The van der Waals surface area contributed by atoms with Crippen LogP contribution in [0.4, 0.5) is 14.5 Å². The molecule has 0 spiro atoms. The molecule has 1 aromatic heterocycles. The van der Waals surface area contributed by atoms with Gasteiger partial charge in [0.05, 0.1) is 47.4 Å². The van der Waals surface area contributed by atoms with E-state index in [0.717, 1.165) is 23.4 Å². The van der Waals surface area contributed by atoms with Gasteiger partial charge in [-0.3, -0.25) is 14.2 Å². The predicted molar refractivity (Wildman–Crippen MR) is 175 cm³/mol. The number of morpholine rings is 1. The molecule has 1 aliphatic carbocycles. The minimum Gasteiger partial charge on any atom is -0.506 e. The number of phenolic OH excluding ortho intramolecular Hbond substituents is 1. The number of alkyl halides is 2. The molecule has 1 saturated heterocycles. The molecule has 0 radical (unpaired) electrons. The van der Waals surface area contributed by atoms with Crippen molar-refractivity contribution in [3.8, 4) is 17.2 Å². The first-order valence-corrected chi connectivity index (χ1v) is 17.8.